The number of aromatic nitrogens is 3. The van der Waals surface area contributed by atoms with Crippen molar-refractivity contribution in [3.05, 3.63) is 48.3 Å². The first-order valence-electron chi connectivity index (χ1n) is 9.94. The first-order chi connectivity index (χ1) is 14.4. The summed E-state index contributed by atoms with van der Waals surface area (Å²) in [7, 11) is 2.14. The van der Waals surface area contributed by atoms with Gasteiger partial charge in [0, 0.05) is 18.3 Å². The first kappa shape index (κ1) is 20.6. The second kappa shape index (κ2) is 8.61. The highest BCUT2D eigenvalue weighted by Gasteiger charge is 2.29. The summed E-state index contributed by atoms with van der Waals surface area (Å²) in [5.74, 6) is 1.38. The Balaban J connectivity index is 1.50. The Morgan fingerprint density at radius 2 is 2.00 bits per heavy atom. The molecule has 3 heterocycles. The summed E-state index contributed by atoms with van der Waals surface area (Å²) in [6.45, 7) is 2.55. The van der Waals surface area contributed by atoms with Crippen LogP contribution in [0.15, 0.2) is 42.7 Å². The fraction of sp³-hybridized carbons (Fsp3) is 0.429. The van der Waals surface area contributed by atoms with Crippen LogP contribution < -0.4 is 5.32 Å². The van der Waals surface area contributed by atoms with E-state index in [1.54, 1.807) is 28.9 Å². The minimum atomic E-state index is -4.66. The molecule has 9 heteroatoms. The van der Waals surface area contributed by atoms with Crippen molar-refractivity contribution >= 4 is 11.5 Å². The Morgan fingerprint density at radius 1 is 1.20 bits per heavy atom. The smallest absolute Gasteiger partial charge is 0.370 e. The Labute approximate surface area is 172 Å². The fourth-order valence-electron chi connectivity index (χ4n) is 3.68. The maximum absolute atomic E-state index is 12.3. The molecule has 0 atom stereocenters. The van der Waals surface area contributed by atoms with E-state index in [-0.39, 0.29) is 0 Å². The number of piperidine rings is 1. The molecule has 1 aliphatic heterocycles. The van der Waals surface area contributed by atoms with Gasteiger partial charge < -0.3 is 10.2 Å². The molecule has 0 aliphatic carbocycles. The van der Waals surface area contributed by atoms with Crippen LogP contribution in [0.2, 0.25) is 0 Å². The normalized spacial score (nSPS) is 16.3. The molecule has 4 rings (SSSR count). The molecule has 1 aromatic carbocycles. The second-order valence-electron chi connectivity index (χ2n) is 7.70. The van der Waals surface area contributed by atoms with E-state index in [9.17, 15) is 13.2 Å². The Kier molecular flexibility index (Phi) is 5.92. The van der Waals surface area contributed by atoms with E-state index in [1.165, 1.54) is 0 Å². The molecular weight excluding hydrogens is 395 g/mol. The minimum Gasteiger partial charge on any atom is -0.370 e. The van der Waals surface area contributed by atoms with E-state index in [0.29, 0.717) is 17.1 Å². The number of benzene rings is 1. The standard InChI is InChI=1S/C21H24F3N5O/c1-28-8-5-15(6-9-28)12-25-19-7-10-29-20(27-19)18(13-26-29)17-4-2-3-16(11-17)14-30-21(22,23)24/h2-4,7,10-11,13,15H,5-6,8-9,12,14H2,1H3,(H,25,27). The van der Waals surface area contributed by atoms with Crippen molar-refractivity contribution in [1.82, 2.24) is 19.5 Å². The number of nitrogens with zero attached hydrogens (tertiary/aromatic N) is 4. The van der Waals surface area contributed by atoms with Gasteiger partial charge in [-0.3, -0.25) is 4.74 Å². The molecule has 30 heavy (non-hydrogen) atoms. The molecule has 1 fully saturated rings. The quantitative estimate of drug-likeness (QED) is 0.650. The summed E-state index contributed by atoms with van der Waals surface area (Å²) in [5.41, 5.74) is 2.58. The lowest BCUT2D eigenvalue weighted by molar-refractivity contribution is -0.330. The highest BCUT2D eigenvalue weighted by Crippen LogP contribution is 2.27. The zero-order valence-electron chi connectivity index (χ0n) is 16.7. The lowest BCUT2D eigenvalue weighted by Crippen LogP contribution is -2.33. The number of hydrogen-bond donors (Lipinski definition) is 1. The monoisotopic (exact) mass is 419 g/mol. The molecule has 6 nitrogen and oxygen atoms in total. The van der Waals surface area contributed by atoms with Crippen LogP contribution in [-0.2, 0) is 11.3 Å². The van der Waals surface area contributed by atoms with Crippen LogP contribution in [0.3, 0.4) is 0 Å². The van der Waals surface area contributed by atoms with Crippen molar-refractivity contribution in [3.8, 4) is 11.1 Å². The second-order valence-corrected chi connectivity index (χ2v) is 7.70. The molecular formula is C21H24F3N5O. The number of halogens is 3. The first-order valence-corrected chi connectivity index (χ1v) is 9.94. The average Bonchev–Trinajstić information content (AvgIpc) is 3.15. The summed E-state index contributed by atoms with van der Waals surface area (Å²) < 4.78 is 42.6. The molecule has 160 valence electrons. The largest absolute Gasteiger partial charge is 0.522 e. The van der Waals surface area contributed by atoms with E-state index in [0.717, 1.165) is 49.4 Å². The van der Waals surface area contributed by atoms with Crippen LogP contribution in [0.5, 0.6) is 0 Å². The van der Waals surface area contributed by atoms with Crippen LogP contribution in [-0.4, -0.2) is 52.5 Å². The number of nitrogens with one attached hydrogen (secondary N) is 1. The molecule has 0 saturated carbocycles. The third-order valence-corrected chi connectivity index (χ3v) is 5.42. The number of likely N-dealkylation sites (tertiary alicyclic amines) is 1. The van der Waals surface area contributed by atoms with Gasteiger partial charge in [0.25, 0.3) is 0 Å². The number of alkyl halides is 3. The highest BCUT2D eigenvalue weighted by molar-refractivity contribution is 5.78. The lowest BCUT2D eigenvalue weighted by atomic mass is 9.97. The zero-order chi connectivity index (χ0) is 21.1. The number of rotatable bonds is 6. The van der Waals surface area contributed by atoms with Crippen molar-refractivity contribution < 1.29 is 17.9 Å². The van der Waals surface area contributed by atoms with Crippen molar-refractivity contribution in [1.29, 1.82) is 0 Å². The predicted molar refractivity (Wildman–Crippen MR) is 108 cm³/mol. The maximum Gasteiger partial charge on any atom is 0.522 e. The van der Waals surface area contributed by atoms with Crippen molar-refractivity contribution in [2.45, 2.75) is 25.8 Å². The van der Waals surface area contributed by atoms with Gasteiger partial charge >= 0.3 is 6.36 Å². The molecule has 3 aromatic rings. The van der Waals surface area contributed by atoms with E-state index >= 15 is 0 Å². The minimum absolute atomic E-state index is 0.431. The molecule has 0 amide bonds. The SMILES string of the molecule is CN1CCC(CNc2ccn3ncc(-c4cccc(COC(F)(F)F)c4)c3n2)CC1. The van der Waals surface area contributed by atoms with Gasteiger partial charge in [-0.15, -0.1) is 13.2 Å². The van der Waals surface area contributed by atoms with Gasteiger partial charge in [0.2, 0.25) is 0 Å². The van der Waals surface area contributed by atoms with Crippen LogP contribution in [0, 0.1) is 5.92 Å². The molecule has 0 unspecified atom stereocenters. The summed E-state index contributed by atoms with van der Waals surface area (Å²) in [6, 6.07) is 8.68. The molecule has 2 aromatic heterocycles. The third kappa shape index (κ3) is 5.09. The summed E-state index contributed by atoms with van der Waals surface area (Å²) in [6.07, 6.45) is 1.18. The number of ether oxygens (including phenoxy) is 1. The summed E-state index contributed by atoms with van der Waals surface area (Å²) in [5, 5.41) is 7.74. The van der Waals surface area contributed by atoms with Crippen LogP contribution in [0.4, 0.5) is 19.0 Å². The van der Waals surface area contributed by atoms with E-state index in [2.05, 4.69) is 27.1 Å². The van der Waals surface area contributed by atoms with Crippen molar-refractivity contribution in [2.24, 2.45) is 5.92 Å². The molecule has 0 radical (unpaired) electrons. The van der Waals surface area contributed by atoms with Crippen molar-refractivity contribution in [3.63, 3.8) is 0 Å². The maximum atomic E-state index is 12.3. The van der Waals surface area contributed by atoms with Gasteiger partial charge in [-0.25, -0.2) is 9.50 Å². The molecule has 1 saturated heterocycles. The fourth-order valence-corrected chi connectivity index (χ4v) is 3.68. The van der Waals surface area contributed by atoms with Crippen LogP contribution in [0.1, 0.15) is 18.4 Å². The Morgan fingerprint density at radius 3 is 2.77 bits per heavy atom. The van der Waals surface area contributed by atoms with Gasteiger partial charge in [0.1, 0.15) is 5.82 Å². The predicted octanol–water partition coefficient (Wildman–Crippen LogP) is 4.19. The van der Waals surface area contributed by atoms with E-state index < -0.39 is 13.0 Å². The Hall–Kier alpha value is -2.65. The van der Waals surface area contributed by atoms with Crippen molar-refractivity contribution in [2.75, 3.05) is 32.0 Å². The summed E-state index contributed by atoms with van der Waals surface area (Å²) >= 11 is 0. The van der Waals surface area contributed by atoms with Gasteiger partial charge in [-0.05, 0) is 62.2 Å². The highest BCUT2D eigenvalue weighted by atomic mass is 19.4. The van der Waals surface area contributed by atoms with Crippen LogP contribution >= 0.6 is 0 Å². The average molecular weight is 419 g/mol. The van der Waals surface area contributed by atoms with Gasteiger partial charge in [-0.1, -0.05) is 18.2 Å². The number of hydrogen-bond acceptors (Lipinski definition) is 5. The lowest BCUT2D eigenvalue weighted by Gasteiger charge is -2.29. The topological polar surface area (TPSA) is 54.7 Å². The molecule has 1 N–H and O–H groups in total. The Bertz CT molecular complexity index is 996. The van der Waals surface area contributed by atoms with Gasteiger partial charge in [0.15, 0.2) is 5.65 Å². The van der Waals surface area contributed by atoms with Crippen LogP contribution in [0.25, 0.3) is 16.8 Å². The van der Waals surface area contributed by atoms with E-state index in [4.69, 9.17) is 4.98 Å². The molecule has 1 aliphatic rings. The van der Waals surface area contributed by atoms with Gasteiger partial charge in [-0.2, -0.15) is 5.10 Å². The molecule has 0 bridgehead atoms. The van der Waals surface area contributed by atoms with Gasteiger partial charge in [0.05, 0.1) is 12.8 Å². The molecule has 0 spiro atoms. The number of fused-ring (bicyclic) bond motifs is 1. The number of anilines is 1. The summed E-state index contributed by atoms with van der Waals surface area (Å²) in [4.78, 5) is 7.03. The van der Waals surface area contributed by atoms with E-state index in [1.807, 2.05) is 18.3 Å². The zero-order valence-corrected chi connectivity index (χ0v) is 16.7. The third-order valence-electron chi connectivity index (χ3n) is 5.42.